The fraction of sp³-hybridized carbons (Fsp3) is 1.00. The van der Waals surface area contributed by atoms with Crippen molar-refractivity contribution in [2.24, 2.45) is 0 Å². The molecule has 0 atom stereocenters. The Balaban J connectivity index is 2.39. The molecular formula is C9H19As. The van der Waals surface area contributed by atoms with Gasteiger partial charge >= 0.3 is 69.3 Å². The fourth-order valence-corrected chi connectivity index (χ4v) is 7.39. The molecule has 10 heavy (non-hydrogen) atoms. The molecule has 0 aliphatic carbocycles. The Kier molecular flexibility index (Phi) is 2.86. The van der Waals surface area contributed by atoms with Gasteiger partial charge in [-0.3, -0.25) is 0 Å². The van der Waals surface area contributed by atoms with Crippen molar-refractivity contribution in [1.29, 1.82) is 0 Å². The van der Waals surface area contributed by atoms with Crippen LogP contribution in [0.4, 0.5) is 0 Å². The summed E-state index contributed by atoms with van der Waals surface area (Å²) in [6, 6.07) is 0. The summed E-state index contributed by atoms with van der Waals surface area (Å²) in [4.78, 5) is 0. The van der Waals surface area contributed by atoms with Crippen LogP contribution in [0.3, 0.4) is 0 Å². The molecule has 0 aromatic rings. The summed E-state index contributed by atoms with van der Waals surface area (Å²) < 4.78 is 0.716. The van der Waals surface area contributed by atoms with Crippen LogP contribution in [0.2, 0.25) is 14.6 Å². The van der Waals surface area contributed by atoms with Gasteiger partial charge in [-0.25, -0.2) is 0 Å². The molecule has 1 fully saturated rings. The van der Waals surface area contributed by atoms with E-state index >= 15 is 0 Å². The van der Waals surface area contributed by atoms with E-state index in [1.807, 2.05) is 0 Å². The van der Waals surface area contributed by atoms with Gasteiger partial charge in [0.1, 0.15) is 0 Å². The summed E-state index contributed by atoms with van der Waals surface area (Å²) in [6.45, 7) is 7.33. The van der Waals surface area contributed by atoms with Crippen molar-refractivity contribution in [3.05, 3.63) is 0 Å². The molecule has 0 aromatic heterocycles. The molecule has 0 radical (unpaired) electrons. The summed E-state index contributed by atoms with van der Waals surface area (Å²) in [6.07, 6.45) is 4.59. The number of hydrogen-bond donors (Lipinski definition) is 0. The molecule has 0 bridgehead atoms. The second-order valence-electron chi connectivity index (χ2n) is 4.22. The normalized spacial score (nSPS) is 23.1. The molecule has 1 aliphatic heterocycles. The minimum absolute atomic E-state index is 0.380. The topological polar surface area (TPSA) is 0 Å². The van der Waals surface area contributed by atoms with Gasteiger partial charge in [0.15, 0.2) is 0 Å². The second kappa shape index (κ2) is 3.30. The molecule has 1 aliphatic rings. The summed E-state index contributed by atoms with van der Waals surface area (Å²) >= 11 is -0.380. The average Bonchev–Trinajstić information content (AvgIpc) is 1.88. The zero-order valence-electron chi connectivity index (χ0n) is 7.48. The van der Waals surface area contributed by atoms with Crippen molar-refractivity contribution >= 4 is 14.7 Å². The van der Waals surface area contributed by atoms with E-state index in [0.717, 1.165) is 0 Å². The molecule has 0 nitrogen and oxygen atoms in total. The van der Waals surface area contributed by atoms with E-state index in [4.69, 9.17) is 0 Å². The van der Waals surface area contributed by atoms with Crippen LogP contribution in [-0.4, -0.2) is 14.7 Å². The van der Waals surface area contributed by atoms with Gasteiger partial charge in [0.25, 0.3) is 0 Å². The van der Waals surface area contributed by atoms with Crippen LogP contribution >= 0.6 is 0 Å². The molecule has 1 heterocycles. The third-order valence-corrected chi connectivity index (χ3v) is 9.88. The van der Waals surface area contributed by atoms with Crippen LogP contribution in [0, 0.1) is 0 Å². The third-order valence-electron chi connectivity index (χ3n) is 2.30. The van der Waals surface area contributed by atoms with Crippen LogP contribution < -0.4 is 0 Å². The molecule has 1 rings (SSSR count). The molecule has 0 N–H and O–H groups in total. The molecule has 0 amide bonds. The predicted molar refractivity (Wildman–Crippen MR) is 48.9 cm³/mol. The van der Waals surface area contributed by atoms with E-state index in [0.29, 0.717) is 4.20 Å². The maximum atomic E-state index is 2.44. The van der Waals surface area contributed by atoms with E-state index < -0.39 is 0 Å². The first-order valence-corrected chi connectivity index (χ1v) is 7.95. The van der Waals surface area contributed by atoms with E-state index in [1.165, 1.54) is 19.3 Å². The van der Waals surface area contributed by atoms with E-state index in [-0.39, 0.29) is 14.7 Å². The Hall–Kier alpha value is 0.558. The predicted octanol–water partition coefficient (Wildman–Crippen LogP) is 3.47. The van der Waals surface area contributed by atoms with Gasteiger partial charge in [-0.05, 0) is 0 Å². The number of rotatable bonds is 0. The van der Waals surface area contributed by atoms with Crippen LogP contribution in [0.5, 0.6) is 0 Å². The van der Waals surface area contributed by atoms with Crippen molar-refractivity contribution in [3.8, 4) is 0 Å². The van der Waals surface area contributed by atoms with Crippen molar-refractivity contribution in [1.82, 2.24) is 0 Å². The quantitative estimate of drug-likeness (QED) is 0.527. The summed E-state index contributed by atoms with van der Waals surface area (Å²) in [5.74, 6) is 0. The van der Waals surface area contributed by atoms with E-state index in [2.05, 4.69) is 20.8 Å². The number of hydrogen-bond acceptors (Lipinski definition) is 0. The fourth-order valence-electron chi connectivity index (χ4n) is 1.56. The van der Waals surface area contributed by atoms with E-state index in [1.54, 1.807) is 10.4 Å². The third kappa shape index (κ3) is 2.31. The Morgan fingerprint density at radius 2 is 1.40 bits per heavy atom. The Morgan fingerprint density at radius 1 is 0.900 bits per heavy atom. The minimum atomic E-state index is -0.380. The van der Waals surface area contributed by atoms with Gasteiger partial charge in [0, 0.05) is 0 Å². The van der Waals surface area contributed by atoms with Gasteiger partial charge in [-0.1, -0.05) is 0 Å². The van der Waals surface area contributed by atoms with Crippen molar-refractivity contribution in [3.63, 3.8) is 0 Å². The molecule has 0 saturated carbocycles. The Bertz CT molecular complexity index is 95.8. The standard InChI is InChI=1S/C9H19As/c1-9(2,3)10-7-5-4-6-8-10/h4-8H2,1-3H3. The van der Waals surface area contributed by atoms with Crippen LogP contribution in [0.25, 0.3) is 0 Å². The van der Waals surface area contributed by atoms with Gasteiger partial charge in [0.2, 0.25) is 0 Å². The second-order valence-corrected chi connectivity index (χ2v) is 11.2. The zero-order valence-corrected chi connectivity index (χ0v) is 9.36. The van der Waals surface area contributed by atoms with Gasteiger partial charge in [-0.15, -0.1) is 0 Å². The Morgan fingerprint density at radius 3 is 1.70 bits per heavy atom. The SMILES string of the molecule is CC(C)(C)[As]1CCCCC1. The first-order valence-electron chi connectivity index (χ1n) is 4.36. The van der Waals surface area contributed by atoms with Crippen LogP contribution in [0.1, 0.15) is 40.0 Å². The molecular weight excluding hydrogens is 183 g/mol. The summed E-state index contributed by atoms with van der Waals surface area (Å²) in [5, 5.41) is 3.24. The molecule has 0 unspecified atom stereocenters. The average molecular weight is 202 g/mol. The van der Waals surface area contributed by atoms with Crippen LogP contribution in [0.15, 0.2) is 0 Å². The molecule has 0 spiro atoms. The molecule has 0 aromatic carbocycles. The monoisotopic (exact) mass is 202 g/mol. The first-order chi connectivity index (χ1) is 4.61. The van der Waals surface area contributed by atoms with Crippen molar-refractivity contribution < 1.29 is 0 Å². The molecule has 60 valence electrons. The summed E-state index contributed by atoms with van der Waals surface area (Å²) in [7, 11) is 0. The van der Waals surface area contributed by atoms with Gasteiger partial charge in [0.05, 0.1) is 0 Å². The van der Waals surface area contributed by atoms with Crippen LogP contribution in [-0.2, 0) is 0 Å². The van der Waals surface area contributed by atoms with Crippen molar-refractivity contribution in [2.75, 3.05) is 0 Å². The Labute approximate surface area is 69.7 Å². The zero-order chi connectivity index (χ0) is 7.61. The van der Waals surface area contributed by atoms with Crippen molar-refractivity contribution in [2.45, 2.75) is 54.7 Å². The van der Waals surface area contributed by atoms with E-state index in [9.17, 15) is 0 Å². The van der Waals surface area contributed by atoms with Gasteiger partial charge < -0.3 is 0 Å². The first kappa shape index (κ1) is 8.65. The molecule has 1 saturated heterocycles. The van der Waals surface area contributed by atoms with Gasteiger partial charge in [-0.2, -0.15) is 0 Å². The molecule has 1 heteroatoms. The summed E-state index contributed by atoms with van der Waals surface area (Å²) in [5.41, 5.74) is 0. The maximum absolute atomic E-state index is 2.44.